The molecule has 2 amide bonds. The van der Waals surface area contributed by atoms with Gasteiger partial charge in [-0.15, -0.1) is 22.7 Å². The lowest BCUT2D eigenvalue weighted by Gasteiger charge is -2.02. The number of rotatable bonds is 3. The van der Waals surface area contributed by atoms with Crippen LogP contribution in [-0.4, -0.2) is 11.8 Å². The third-order valence-corrected chi connectivity index (χ3v) is 4.84. The molecule has 2 N–H and O–H groups in total. The Labute approximate surface area is 132 Å². The maximum Gasteiger partial charge on any atom is 0.279 e. The Morgan fingerprint density at radius 3 is 2.55 bits per heavy atom. The molecule has 0 aliphatic rings. The molecule has 0 radical (unpaired) electrons. The van der Waals surface area contributed by atoms with Gasteiger partial charge in [0.15, 0.2) is 0 Å². The molecule has 0 saturated heterocycles. The summed E-state index contributed by atoms with van der Waals surface area (Å²) in [4.78, 5) is 25.9. The number of amides is 2. The van der Waals surface area contributed by atoms with Gasteiger partial charge in [-0.05, 0) is 53.2 Å². The number of hydrazine groups is 1. The summed E-state index contributed by atoms with van der Waals surface area (Å²) in [6.07, 6.45) is 3.09. The van der Waals surface area contributed by atoms with E-state index in [-0.39, 0.29) is 11.8 Å². The van der Waals surface area contributed by atoms with E-state index in [0.717, 1.165) is 8.66 Å². The fraction of sp³-hybridized carbons (Fsp3) is 0.0769. The summed E-state index contributed by atoms with van der Waals surface area (Å²) >= 11 is 6.17. The molecule has 0 saturated carbocycles. The lowest BCUT2D eigenvalue weighted by atomic mass is 10.4. The van der Waals surface area contributed by atoms with Crippen molar-refractivity contribution in [1.82, 2.24) is 10.9 Å². The van der Waals surface area contributed by atoms with E-state index in [1.54, 1.807) is 29.5 Å². The monoisotopic (exact) mass is 370 g/mol. The van der Waals surface area contributed by atoms with Gasteiger partial charge in [0.05, 0.1) is 8.66 Å². The normalized spacial score (nSPS) is 10.7. The summed E-state index contributed by atoms with van der Waals surface area (Å²) in [6.45, 7) is 2.00. The van der Waals surface area contributed by atoms with Crippen molar-refractivity contribution in [1.29, 1.82) is 0 Å². The van der Waals surface area contributed by atoms with Crippen molar-refractivity contribution in [3.63, 3.8) is 0 Å². The van der Waals surface area contributed by atoms with Gasteiger partial charge in [0, 0.05) is 15.8 Å². The fourth-order valence-electron chi connectivity index (χ4n) is 1.36. The predicted octanol–water partition coefficient (Wildman–Crippen LogP) is 3.35. The van der Waals surface area contributed by atoms with Crippen molar-refractivity contribution in [3.8, 4) is 0 Å². The highest BCUT2D eigenvalue weighted by Crippen LogP contribution is 2.21. The van der Waals surface area contributed by atoms with Crippen molar-refractivity contribution in [2.75, 3.05) is 0 Å². The molecular weight excluding hydrogens is 360 g/mol. The van der Waals surface area contributed by atoms with E-state index in [1.807, 2.05) is 19.1 Å². The predicted molar refractivity (Wildman–Crippen MR) is 85.7 cm³/mol. The largest absolute Gasteiger partial charge is 0.279 e. The molecule has 0 aromatic carbocycles. The number of aryl methyl sites for hydroxylation is 1. The van der Waals surface area contributed by atoms with E-state index in [1.165, 1.54) is 22.3 Å². The Hall–Kier alpha value is -1.44. The molecule has 0 aliphatic heterocycles. The SMILES string of the molecule is Cc1ccc(/C=C\C(=O)NNC(=O)c2ccc(Br)s2)s1. The van der Waals surface area contributed by atoms with Gasteiger partial charge in [-0.2, -0.15) is 0 Å². The number of halogens is 1. The molecule has 20 heavy (non-hydrogen) atoms. The van der Waals surface area contributed by atoms with Crippen molar-refractivity contribution >= 4 is 56.5 Å². The van der Waals surface area contributed by atoms with Gasteiger partial charge in [0.1, 0.15) is 0 Å². The van der Waals surface area contributed by atoms with Crippen molar-refractivity contribution in [2.45, 2.75) is 6.92 Å². The number of hydrogen-bond donors (Lipinski definition) is 2. The molecule has 2 aromatic rings. The van der Waals surface area contributed by atoms with E-state index in [0.29, 0.717) is 4.88 Å². The van der Waals surface area contributed by atoms with Gasteiger partial charge in [-0.25, -0.2) is 0 Å². The number of nitrogens with one attached hydrogen (secondary N) is 2. The number of carbonyl (C=O) groups is 2. The van der Waals surface area contributed by atoms with Crippen LogP contribution in [0.25, 0.3) is 6.08 Å². The molecule has 2 heterocycles. The van der Waals surface area contributed by atoms with E-state index in [2.05, 4.69) is 26.8 Å². The lowest BCUT2D eigenvalue weighted by molar-refractivity contribution is -0.117. The summed E-state index contributed by atoms with van der Waals surface area (Å²) in [5.41, 5.74) is 4.69. The molecule has 7 heteroatoms. The van der Waals surface area contributed by atoms with Crippen molar-refractivity contribution in [3.05, 3.63) is 48.8 Å². The highest BCUT2D eigenvalue weighted by Gasteiger charge is 2.08. The lowest BCUT2D eigenvalue weighted by Crippen LogP contribution is -2.40. The van der Waals surface area contributed by atoms with Gasteiger partial charge >= 0.3 is 0 Å². The zero-order valence-corrected chi connectivity index (χ0v) is 13.7. The van der Waals surface area contributed by atoms with Crippen molar-refractivity contribution in [2.24, 2.45) is 0 Å². The van der Waals surface area contributed by atoms with Crippen LogP contribution in [0.3, 0.4) is 0 Å². The quantitative estimate of drug-likeness (QED) is 0.642. The van der Waals surface area contributed by atoms with E-state index < -0.39 is 0 Å². The summed E-state index contributed by atoms with van der Waals surface area (Å²) in [5.74, 6) is -0.713. The average Bonchev–Trinajstić information content (AvgIpc) is 3.02. The number of thiophene rings is 2. The van der Waals surface area contributed by atoms with E-state index in [4.69, 9.17) is 0 Å². The highest BCUT2D eigenvalue weighted by atomic mass is 79.9. The first-order chi connectivity index (χ1) is 9.54. The van der Waals surface area contributed by atoms with Gasteiger partial charge in [0.25, 0.3) is 11.8 Å². The molecule has 0 spiro atoms. The number of carbonyl (C=O) groups excluding carboxylic acids is 2. The molecule has 0 atom stereocenters. The second kappa shape index (κ2) is 6.83. The van der Waals surface area contributed by atoms with Gasteiger partial charge in [0.2, 0.25) is 0 Å². The van der Waals surface area contributed by atoms with Crippen LogP contribution in [0.4, 0.5) is 0 Å². The molecular formula is C13H11BrN2O2S2. The standard InChI is InChI=1S/C13H11BrN2O2S2/c1-8-2-3-9(19-8)4-7-12(17)15-16-13(18)10-5-6-11(14)20-10/h2-7H,1H3,(H,15,17)(H,16,18)/b7-4-. The zero-order chi connectivity index (χ0) is 14.5. The minimum atomic E-state index is -0.375. The average molecular weight is 371 g/mol. The second-order valence-electron chi connectivity index (χ2n) is 3.83. The van der Waals surface area contributed by atoms with Crippen LogP contribution in [0.1, 0.15) is 19.4 Å². The van der Waals surface area contributed by atoms with E-state index in [9.17, 15) is 9.59 Å². The molecule has 0 bridgehead atoms. The van der Waals surface area contributed by atoms with Crippen molar-refractivity contribution < 1.29 is 9.59 Å². The number of hydrogen-bond acceptors (Lipinski definition) is 4. The van der Waals surface area contributed by atoms with E-state index >= 15 is 0 Å². The zero-order valence-electron chi connectivity index (χ0n) is 10.5. The van der Waals surface area contributed by atoms with Gasteiger partial charge in [-0.1, -0.05) is 0 Å². The third kappa shape index (κ3) is 4.29. The Kier molecular flexibility index (Phi) is 5.11. The Morgan fingerprint density at radius 1 is 1.15 bits per heavy atom. The molecule has 104 valence electrons. The van der Waals surface area contributed by atoms with Crippen LogP contribution in [0, 0.1) is 6.92 Å². The smallest absolute Gasteiger partial charge is 0.268 e. The first-order valence-corrected chi connectivity index (χ1v) is 8.07. The summed E-state index contributed by atoms with van der Waals surface area (Å²) in [7, 11) is 0. The molecule has 4 nitrogen and oxygen atoms in total. The van der Waals surface area contributed by atoms with Gasteiger partial charge in [-0.3, -0.25) is 20.4 Å². The molecule has 0 unspecified atom stereocenters. The molecule has 0 fully saturated rings. The topological polar surface area (TPSA) is 58.2 Å². The molecule has 2 aromatic heterocycles. The second-order valence-corrected chi connectivity index (χ2v) is 7.61. The molecule has 0 aliphatic carbocycles. The Morgan fingerprint density at radius 2 is 1.95 bits per heavy atom. The Bertz CT molecular complexity index is 661. The third-order valence-electron chi connectivity index (χ3n) is 2.26. The van der Waals surface area contributed by atoms with Crippen LogP contribution < -0.4 is 10.9 Å². The summed E-state index contributed by atoms with van der Waals surface area (Å²) in [5, 5.41) is 0. The summed E-state index contributed by atoms with van der Waals surface area (Å²) in [6, 6.07) is 7.38. The maximum absolute atomic E-state index is 11.7. The highest BCUT2D eigenvalue weighted by molar-refractivity contribution is 9.11. The maximum atomic E-state index is 11.7. The van der Waals surface area contributed by atoms with Crippen LogP contribution in [0.2, 0.25) is 0 Å². The molecule has 2 rings (SSSR count). The van der Waals surface area contributed by atoms with Crippen LogP contribution >= 0.6 is 38.6 Å². The first kappa shape index (κ1) is 15.0. The minimum absolute atomic E-state index is 0.339. The van der Waals surface area contributed by atoms with Crippen LogP contribution in [0.15, 0.2) is 34.1 Å². The minimum Gasteiger partial charge on any atom is -0.268 e. The fourth-order valence-corrected chi connectivity index (χ4v) is 3.42. The van der Waals surface area contributed by atoms with Crippen LogP contribution in [-0.2, 0) is 4.79 Å². The van der Waals surface area contributed by atoms with Crippen LogP contribution in [0.5, 0.6) is 0 Å². The van der Waals surface area contributed by atoms with Gasteiger partial charge < -0.3 is 0 Å². The Balaban J connectivity index is 1.83. The summed E-state index contributed by atoms with van der Waals surface area (Å²) < 4.78 is 0.863. The first-order valence-electron chi connectivity index (χ1n) is 5.65.